The molecule has 4 nitrogen and oxygen atoms in total. The lowest BCUT2D eigenvalue weighted by Gasteiger charge is -2.44. The highest BCUT2D eigenvalue weighted by Crippen LogP contribution is 2.55. The summed E-state index contributed by atoms with van der Waals surface area (Å²) in [7, 11) is 0. The molecule has 0 aliphatic carbocycles. The highest BCUT2D eigenvalue weighted by atomic mass is 16.3. The molecule has 2 atom stereocenters. The number of carbonyl (C=O) groups excluding carboxylic acids is 1. The van der Waals surface area contributed by atoms with E-state index in [1.54, 1.807) is 29.2 Å². The second kappa shape index (κ2) is 9.72. The summed E-state index contributed by atoms with van der Waals surface area (Å²) in [5, 5.41) is 22.9. The molecule has 39 heavy (non-hydrogen) atoms. The van der Waals surface area contributed by atoms with E-state index in [9.17, 15) is 15.2 Å². The van der Waals surface area contributed by atoms with Gasteiger partial charge in [-0.1, -0.05) is 140 Å². The second-order valence-corrected chi connectivity index (χ2v) is 9.71. The van der Waals surface area contributed by atoms with Crippen molar-refractivity contribution < 1.29 is 9.90 Å². The number of benzene rings is 5. The molecule has 1 amide bonds. The summed E-state index contributed by atoms with van der Waals surface area (Å²) in [4.78, 5) is 16.7. The van der Waals surface area contributed by atoms with Crippen LogP contribution in [0.5, 0.6) is 0 Å². The maximum Gasteiger partial charge on any atom is 0.266 e. The van der Waals surface area contributed by atoms with E-state index in [0.717, 1.165) is 16.7 Å². The molecule has 0 aromatic heterocycles. The number of nitrogens with zero attached hydrogens (tertiary/aromatic N) is 2. The van der Waals surface area contributed by atoms with Crippen LogP contribution < -0.4 is 4.90 Å². The predicted octanol–water partition coefficient (Wildman–Crippen LogP) is 6.52. The lowest BCUT2D eigenvalue weighted by Crippen LogP contribution is -2.54. The van der Waals surface area contributed by atoms with Gasteiger partial charge >= 0.3 is 0 Å². The maximum atomic E-state index is 14.9. The van der Waals surface area contributed by atoms with Gasteiger partial charge in [0.25, 0.3) is 5.91 Å². The Labute approximate surface area is 228 Å². The molecule has 0 fully saturated rings. The Morgan fingerprint density at radius 3 is 1.51 bits per heavy atom. The van der Waals surface area contributed by atoms with Crippen LogP contribution in [-0.2, 0) is 15.9 Å². The fraction of sp³-hybridized carbons (Fsp3) is 0.0857. The molecule has 0 bridgehead atoms. The minimum Gasteiger partial charge on any atom is -0.374 e. The van der Waals surface area contributed by atoms with E-state index in [1.807, 2.05) is 121 Å². The summed E-state index contributed by atoms with van der Waals surface area (Å²) in [5.41, 5.74) is 0.927. The molecule has 0 radical (unpaired) electrons. The van der Waals surface area contributed by atoms with Gasteiger partial charge in [0.1, 0.15) is 11.5 Å². The number of anilines is 1. The van der Waals surface area contributed by atoms with Crippen molar-refractivity contribution in [1.29, 1.82) is 5.26 Å². The summed E-state index contributed by atoms with van der Waals surface area (Å²) in [6.07, 6.45) is 0. The highest BCUT2D eigenvalue weighted by Gasteiger charge is 2.61. The van der Waals surface area contributed by atoms with Crippen molar-refractivity contribution >= 4 is 11.6 Å². The minimum absolute atomic E-state index is 0.414. The van der Waals surface area contributed by atoms with Crippen molar-refractivity contribution in [3.8, 4) is 6.07 Å². The molecule has 5 aromatic carbocycles. The fourth-order valence-electron chi connectivity index (χ4n) is 5.98. The number of fused-ring (bicyclic) bond motifs is 1. The van der Waals surface area contributed by atoms with Gasteiger partial charge in [-0.05, 0) is 28.3 Å². The van der Waals surface area contributed by atoms with Crippen LogP contribution >= 0.6 is 0 Å². The van der Waals surface area contributed by atoms with Crippen LogP contribution in [0, 0.1) is 11.3 Å². The molecular formula is C35H26N2O2. The fourth-order valence-corrected chi connectivity index (χ4v) is 5.98. The van der Waals surface area contributed by atoms with E-state index in [1.165, 1.54) is 0 Å². The molecular weight excluding hydrogens is 480 g/mol. The zero-order valence-electron chi connectivity index (χ0n) is 21.2. The van der Waals surface area contributed by atoms with E-state index in [-0.39, 0.29) is 0 Å². The first-order valence-corrected chi connectivity index (χ1v) is 12.9. The average molecular weight is 507 g/mol. The zero-order valence-corrected chi connectivity index (χ0v) is 21.2. The van der Waals surface area contributed by atoms with Crippen LogP contribution in [0.4, 0.5) is 5.69 Å². The van der Waals surface area contributed by atoms with Crippen LogP contribution in [0.15, 0.2) is 146 Å². The third kappa shape index (κ3) is 3.59. The summed E-state index contributed by atoms with van der Waals surface area (Å²) < 4.78 is 0. The van der Waals surface area contributed by atoms with Gasteiger partial charge in [0.15, 0.2) is 5.60 Å². The van der Waals surface area contributed by atoms with Crippen molar-refractivity contribution in [3.05, 3.63) is 173 Å². The van der Waals surface area contributed by atoms with Crippen LogP contribution in [0.1, 0.15) is 33.7 Å². The maximum absolute atomic E-state index is 14.9. The summed E-state index contributed by atoms with van der Waals surface area (Å²) in [6.45, 7) is 0. The van der Waals surface area contributed by atoms with Gasteiger partial charge in [0.2, 0.25) is 0 Å². The number of rotatable bonds is 6. The van der Waals surface area contributed by atoms with Gasteiger partial charge in [-0.15, -0.1) is 0 Å². The van der Waals surface area contributed by atoms with E-state index < -0.39 is 23.0 Å². The summed E-state index contributed by atoms with van der Waals surface area (Å²) in [6, 6.07) is 48.2. The SMILES string of the molecule is N#C[C@@H](c1ccccc1)[C@@]1(O)C(=O)N(C(c2ccccc2)(c2ccccc2)c2ccccc2)c2ccccc21. The molecule has 6 rings (SSSR count). The predicted molar refractivity (Wildman–Crippen MR) is 152 cm³/mol. The van der Waals surface area contributed by atoms with Crippen LogP contribution in [0.2, 0.25) is 0 Å². The van der Waals surface area contributed by atoms with Crippen molar-refractivity contribution in [3.63, 3.8) is 0 Å². The van der Waals surface area contributed by atoms with Gasteiger partial charge in [-0.3, -0.25) is 9.69 Å². The third-order valence-corrected chi connectivity index (χ3v) is 7.67. The Bertz CT molecular complexity index is 1550. The molecule has 0 saturated heterocycles. The van der Waals surface area contributed by atoms with Gasteiger partial charge in [0.05, 0.1) is 11.8 Å². The first-order chi connectivity index (χ1) is 19.1. The standard InChI is InChI=1S/C35H26N2O2/c36-25-31(26-15-5-1-6-16-26)35(39)30-23-13-14-24-32(30)37(33(35)38)34(27-17-7-2-8-18-27,28-19-9-3-10-20-28)29-21-11-4-12-22-29/h1-24,31,39H/t31-,35+/m0/s1. The van der Waals surface area contributed by atoms with E-state index in [2.05, 4.69) is 6.07 Å². The monoisotopic (exact) mass is 506 g/mol. The van der Waals surface area contributed by atoms with E-state index in [0.29, 0.717) is 16.8 Å². The number of hydrogen-bond acceptors (Lipinski definition) is 3. The number of amides is 1. The van der Waals surface area contributed by atoms with Gasteiger partial charge < -0.3 is 5.11 Å². The van der Waals surface area contributed by atoms with Gasteiger partial charge in [-0.2, -0.15) is 5.26 Å². The van der Waals surface area contributed by atoms with Gasteiger partial charge in [-0.25, -0.2) is 0 Å². The molecule has 1 heterocycles. The number of hydrogen-bond donors (Lipinski definition) is 1. The third-order valence-electron chi connectivity index (χ3n) is 7.67. The topological polar surface area (TPSA) is 64.3 Å². The molecule has 0 saturated carbocycles. The Hall–Kier alpha value is -4.98. The summed E-state index contributed by atoms with van der Waals surface area (Å²) in [5.74, 6) is -1.66. The van der Waals surface area contributed by atoms with E-state index in [4.69, 9.17) is 0 Å². The Kier molecular flexibility index (Phi) is 6.07. The first kappa shape index (κ1) is 24.4. The zero-order chi connectivity index (χ0) is 26.9. The second-order valence-electron chi connectivity index (χ2n) is 9.71. The number of para-hydroxylation sites is 1. The highest BCUT2D eigenvalue weighted by molar-refractivity contribution is 6.10. The average Bonchev–Trinajstić information content (AvgIpc) is 3.23. The van der Waals surface area contributed by atoms with Crippen molar-refractivity contribution in [2.24, 2.45) is 0 Å². The van der Waals surface area contributed by atoms with E-state index >= 15 is 0 Å². The van der Waals surface area contributed by atoms with Crippen molar-refractivity contribution in [2.75, 3.05) is 4.90 Å². The van der Waals surface area contributed by atoms with Crippen LogP contribution in [0.3, 0.4) is 0 Å². The quantitative estimate of drug-likeness (QED) is 0.267. The number of carbonyl (C=O) groups is 1. The first-order valence-electron chi connectivity index (χ1n) is 12.9. The Morgan fingerprint density at radius 2 is 1.05 bits per heavy atom. The molecule has 5 aromatic rings. The van der Waals surface area contributed by atoms with Crippen LogP contribution in [0.25, 0.3) is 0 Å². The normalized spacial score (nSPS) is 17.3. The molecule has 188 valence electrons. The molecule has 0 spiro atoms. The largest absolute Gasteiger partial charge is 0.374 e. The molecule has 1 aliphatic heterocycles. The molecule has 1 N–H and O–H groups in total. The minimum atomic E-state index is -2.10. The smallest absolute Gasteiger partial charge is 0.266 e. The Balaban J connectivity index is 1.71. The summed E-state index contributed by atoms with van der Waals surface area (Å²) >= 11 is 0. The number of aliphatic hydroxyl groups is 1. The lowest BCUT2D eigenvalue weighted by molar-refractivity contribution is -0.138. The van der Waals surface area contributed by atoms with Gasteiger partial charge in [0, 0.05) is 5.56 Å². The van der Waals surface area contributed by atoms with Crippen molar-refractivity contribution in [2.45, 2.75) is 17.1 Å². The Morgan fingerprint density at radius 1 is 0.641 bits per heavy atom. The molecule has 4 heteroatoms. The van der Waals surface area contributed by atoms with Crippen LogP contribution in [-0.4, -0.2) is 11.0 Å². The molecule has 1 aliphatic rings. The molecule has 0 unspecified atom stereocenters. The lowest BCUT2D eigenvalue weighted by atomic mass is 9.74. The van der Waals surface area contributed by atoms with Crippen molar-refractivity contribution in [1.82, 2.24) is 0 Å². The number of nitriles is 1.